The SMILES string of the molecule is CCCCc1ccc(NC(=O)c2cn(C)c(=O)n(C)c2=O)cc1. The van der Waals surface area contributed by atoms with Gasteiger partial charge in [-0.05, 0) is 30.5 Å². The number of nitrogens with zero attached hydrogens (tertiary/aromatic N) is 2. The van der Waals surface area contributed by atoms with Crippen molar-refractivity contribution in [2.75, 3.05) is 5.32 Å². The first-order valence-electron chi connectivity index (χ1n) is 7.61. The molecule has 1 heterocycles. The predicted molar refractivity (Wildman–Crippen MR) is 89.9 cm³/mol. The maximum Gasteiger partial charge on any atom is 0.330 e. The van der Waals surface area contributed by atoms with Gasteiger partial charge in [0.25, 0.3) is 11.5 Å². The molecule has 0 unspecified atom stereocenters. The van der Waals surface area contributed by atoms with Crippen LogP contribution in [0.5, 0.6) is 0 Å². The standard InChI is InChI=1S/C17H21N3O3/c1-4-5-6-12-7-9-13(10-8-12)18-15(21)14-11-19(2)17(23)20(3)16(14)22/h7-11H,4-6H2,1-3H3,(H,18,21). The van der Waals surface area contributed by atoms with Crippen LogP contribution in [-0.2, 0) is 20.5 Å². The number of carbonyl (C=O) groups excluding carboxylic acids is 1. The molecule has 0 aliphatic rings. The Bertz CT molecular complexity index is 816. The molecule has 1 N–H and O–H groups in total. The molecule has 0 aliphatic heterocycles. The molecule has 0 saturated heterocycles. The van der Waals surface area contributed by atoms with Crippen LogP contribution in [-0.4, -0.2) is 15.0 Å². The molecule has 2 rings (SSSR count). The summed E-state index contributed by atoms with van der Waals surface area (Å²) in [6, 6.07) is 7.55. The van der Waals surface area contributed by atoms with Crippen molar-refractivity contribution in [2.24, 2.45) is 14.1 Å². The van der Waals surface area contributed by atoms with Gasteiger partial charge in [-0.1, -0.05) is 25.5 Å². The monoisotopic (exact) mass is 315 g/mol. The number of aryl methyl sites for hydroxylation is 2. The summed E-state index contributed by atoms with van der Waals surface area (Å²) in [6.07, 6.45) is 4.52. The Kier molecular flexibility index (Phi) is 5.16. The van der Waals surface area contributed by atoms with E-state index in [-0.39, 0.29) is 5.56 Å². The molecule has 1 aromatic carbocycles. The molecule has 0 atom stereocenters. The van der Waals surface area contributed by atoms with E-state index < -0.39 is 17.2 Å². The third kappa shape index (κ3) is 3.77. The van der Waals surface area contributed by atoms with E-state index in [0.717, 1.165) is 23.8 Å². The van der Waals surface area contributed by atoms with Crippen molar-refractivity contribution in [2.45, 2.75) is 26.2 Å². The van der Waals surface area contributed by atoms with Crippen molar-refractivity contribution >= 4 is 11.6 Å². The Morgan fingerprint density at radius 1 is 1.13 bits per heavy atom. The van der Waals surface area contributed by atoms with E-state index in [2.05, 4.69) is 12.2 Å². The van der Waals surface area contributed by atoms with Gasteiger partial charge in [-0.15, -0.1) is 0 Å². The van der Waals surface area contributed by atoms with Crippen LogP contribution in [0.4, 0.5) is 5.69 Å². The van der Waals surface area contributed by atoms with E-state index >= 15 is 0 Å². The summed E-state index contributed by atoms with van der Waals surface area (Å²) in [4.78, 5) is 35.9. The maximum atomic E-state index is 12.3. The number of aromatic nitrogens is 2. The van der Waals surface area contributed by atoms with E-state index in [0.29, 0.717) is 5.69 Å². The Labute approximate surface area is 134 Å². The fourth-order valence-corrected chi connectivity index (χ4v) is 2.30. The summed E-state index contributed by atoms with van der Waals surface area (Å²) in [7, 11) is 2.85. The van der Waals surface area contributed by atoms with E-state index in [1.54, 1.807) is 0 Å². The van der Waals surface area contributed by atoms with Crippen LogP contribution in [0.15, 0.2) is 40.1 Å². The van der Waals surface area contributed by atoms with Gasteiger partial charge in [0.15, 0.2) is 0 Å². The molecule has 0 radical (unpaired) electrons. The van der Waals surface area contributed by atoms with Crippen LogP contribution >= 0.6 is 0 Å². The molecule has 6 heteroatoms. The zero-order chi connectivity index (χ0) is 17.0. The van der Waals surface area contributed by atoms with Crippen molar-refractivity contribution in [3.8, 4) is 0 Å². The Morgan fingerprint density at radius 3 is 2.39 bits per heavy atom. The van der Waals surface area contributed by atoms with Crippen LogP contribution in [0.1, 0.15) is 35.7 Å². The Hall–Kier alpha value is -2.63. The lowest BCUT2D eigenvalue weighted by atomic mass is 10.1. The topological polar surface area (TPSA) is 73.1 Å². The number of nitrogens with one attached hydrogen (secondary N) is 1. The molecule has 23 heavy (non-hydrogen) atoms. The van der Waals surface area contributed by atoms with Gasteiger partial charge in [-0.3, -0.25) is 14.2 Å². The molecule has 0 fully saturated rings. The number of unbranched alkanes of at least 4 members (excludes halogenated alkanes) is 1. The van der Waals surface area contributed by atoms with E-state index in [1.165, 1.54) is 30.4 Å². The molecule has 2 aromatic rings. The number of anilines is 1. The summed E-state index contributed by atoms with van der Waals surface area (Å²) >= 11 is 0. The zero-order valence-corrected chi connectivity index (χ0v) is 13.6. The van der Waals surface area contributed by atoms with E-state index in [9.17, 15) is 14.4 Å². The lowest BCUT2D eigenvalue weighted by Gasteiger charge is -2.08. The number of amides is 1. The van der Waals surface area contributed by atoms with Crippen LogP contribution in [0.25, 0.3) is 0 Å². The molecule has 1 aromatic heterocycles. The molecule has 0 bridgehead atoms. The molecular formula is C17H21N3O3. The van der Waals surface area contributed by atoms with Crippen LogP contribution in [0.3, 0.4) is 0 Å². The third-order valence-electron chi connectivity index (χ3n) is 3.72. The number of carbonyl (C=O) groups is 1. The van der Waals surface area contributed by atoms with Crippen molar-refractivity contribution in [1.29, 1.82) is 0 Å². The zero-order valence-electron chi connectivity index (χ0n) is 13.6. The first-order valence-corrected chi connectivity index (χ1v) is 7.61. The highest BCUT2D eigenvalue weighted by Gasteiger charge is 2.14. The van der Waals surface area contributed by atoms with Crippen molar-refractivity contribution in [3.63, 3.8) is 0 Å². The fourth-order valence-electron chi connectivity index (χ4n) is 2.30. The molecule has 0 spiro atoms. The second-order valence-corrected chi connectivity index (χ2v) is 5.56. The van der Waals surface area contributed by atoms with Gasteiger partial charge in [0.2, 0.25) is 0 Å². The molecule has 0 aliphatic carbocycles. The number of benzene rings is 1. The highest BCUT2D eigenvalue weighted by Crippen LogP contribution is 2.12. The van der Waals surface area contributed by atoms with Gasteiger partial charge in [-0.25, -0.2) is 4.79 Å². The van der Waals surface area contributed by atoms with Gasteiger partial charge in [0.1, 0.15) is 5.56 Å². The van der Waals surface area contributed by atoms with E-state index in [4.69, 9.17) is 0 Å². The number of hydrogen-bond acceptors (Lipinski definition) is 3. The average Bonchev–Trinajstić information content (AvgIpc) is 2.55. The minimum Gasteiger partial charge on any atom is -0.322 e. The second-order valence-electron chi connectivity index (χ2n) is 5.56. The smallest absolute Gasteiger partial charge is 0.322 e. The van der Waals surface area contributed by atoms with Crippen LogP contribution in [0.2, 0.25) is 0 Å². The Balaban J connectivity index is 2.20. The van der Waals surface area contributed by atoms with Crippen molar-refractivity contribution < 1.29 is 4.79 Å². The van der Waals surface area contributed by atoms with Gasteiger partial charge in [0, 0.05) is 26.0 Å². The van der Waals surface area contributed by atoms with Gasteiger partial charge in [0.05, 0.1) is 0 Å². The van der Waals surface area contributed by atoms with Crippen LogP contribution < -0.4 is 16.6 Å². The van der Waals surface area contributed by atoms with Crippen molar-refractivity contribution in [1.82, 2.24) is 9.13 Å². The molecular weight excluding hydrogens is 294 g/mol. The highest BCUT2D eigenvalue weighted by atomic mass is 16.2. The summed E-state index contributed by atoms with van der Waals surface area (Å²) in [5.74, 6) is -0.525. The lowest BCUT2D eigenvalue weighted by Crippen LogP contribution is -2.40. The molecule has 1 amide bonds. The number of hydrogen-bond donors (Lipinski definition) is 1. The highest BCUT2D eigenvalue weighted by molar-refractivity contribution is 6.03. The quantitative estimate of drug-likeness (QED) is 0.912. The third-order valence-corrected chi connectivity index (χ3v) is 3.72. The van der Waals surface area contributed by atoms with Gasteiger partial charge < -0.3 is 9.88 Å². The first kappa shape index (κ1) is 16.7. The number of rotatable bonds is 5. The average molecular weight is 315 g/mol. The summed E-state index contributed by atoms with van der Waals surface area (Å²) < 4.78 is 2.13. The summed E-state index contributed by atoms with van der Waals surface area (Å²) in [5, 5.41) is 2.69. The van der Waals surface area contributed by atoms with Gasteiger partial charge in [-0.2, -0.15) is 0 Å². The van der Waals surface area contributed by atoms with E-state index in [1.807, 2.05) is 24.3 Å². The maximum absolute atomic E-state index is 12.3. The molecule has 6 nitrogen and oxygen atoms in total. The Morgan fingerprint density at radius 2 is 1.78 bits per heavy atom. The minimum atomic E-state index is -0.606. The van der Waals surface area contributed by atoms with Crippen molar-refractivity contribution in [3.05, 3.63) is 62.4 Å². The minimum absolute atomic E-state index is 0.0651. The predicted octanol–water partition coefficient (Wildman–Crippen LogP) is 1.68. The lowest BCUT2D eigenvalue weighted by molar-refractivity contribution is 0.102. The first-order chi connectivity index (χ1) is 10.9. The second kappa shape index (κ2) is 7.09. The normalized spacial score (nSPS) is 10.6. The largest absolute Gasteiger partial charge is 0.330 e. The van der Waals surface area contributed by atoms with Gasteiger partial charge >= 0.3 is 5.69 Å². The summed E-state index contributed by atoms with van der Waals surface area (Å²) in [5.41, 5.74) is 0.690. The molecule has 0 saturated carbocycles. The summed E-state index contributed by atoms with van der Waals surface area (Å²) in [6.45, 7) is 2.14. The van der Waals surface area contributed by atoms with Crippen LogP contribution in [0, 0.1) is 0 Å². The fraction of sp³-hybridized carbons (Fsp3) is 0.353. The molecule has 122 valence electrons.